The monoisotopic (exact) mass is 284 g/mol. The molecule has 110 valence electrons. The van der Waals surface area contributed by atoms with Gasteiger partial charge >= 0.3 is 0 Å². The molecule has 1 saturated heterocycles. The van der Waals surface area contributed by atoms with Crippen molar-refractivity contribution < 1.29 is 0 Å². The number of benzene rings is 1. The number of nitrogens with two attached hydrogens (primary N) is 1. The number of rotatable bonds is 3. The maximum Gasteiger partial charge on any atom is 0.233 e. The molecule has 0 unspecified atom stereocenters. The number of nitrogens with zero attached hydrogens (tertiary/aromatic N) is 4. The summed E-state index contributed by atoms with van der Waals surface area (Å²) >= 11 is 0. The Bertz CT molecular complexity index is 649. The minimum Gasteiger partial charge on any atom is -0.368 e. The van der Waals surface area contributed by atoms with Crippen LogP contribution in [0.5, 0.6) is 0 Å². The molecule has 21 heavy (non-hydrogen) atoms. The number of hydrogen-bond acceptors (Lipinski definition) is 6. The Kier molecular flexibility index (Phi) is 3.60. The molecule has 1 aliphatic heterocycles. The van der Waals surface area contributed by atoms with Gasteiger partial charge in [0.25, 0.3) is 0 Å². The summed E-state index contributed by atoms with van der Waals surface area (Å²) < 4.78 is 0. The Morgan fingerprint density at radius 3 is 2.57 bits per heavy atom. The molecule has 6 heteroatoms. The summed E-state index contributed by atoms with van der Waals surface area (Å²) in [5.74, 6) is 1.41. The summed E-state index contributed by atoms with van der Waals surface area (Å²) in [6, 6.07) is 6.20. The van der Waals surface area contributed by atoms with Crippen molar-refractivity contribution in [1.82, 2.24) is 15.0 Å². The molecule has 0 spiro atoms. The molecular weight excluding hydrogens is 264 g/mol. The Labute approximate surface area is 124 Å². The van der Waals surface area contributed by atoms with E-state index in [0.29, 0.717) is 11.9 Å². The van der Waals surface area contributed by atoms with Crippen molar-refractivity contribution in [2.24, 2.45) is 0 Å². The molecule has 0 amide bonds. The average molecular weight is 284 g/mol. The van der Waals surface area contributed by atoms with Gasteiger partial charge in [0.05, 0.1) is 0 Å². The second-order valence-corrected chi connectivity index (χ2v) is 5.45. The van der Waals surface area contributed by atoms with Gasteiger partial charge in [-0.2, -0.15) is 15.0 Å². The summed E-state index contributed by atoms with van der Waals surface area (Å²) in [5, 5.41) is 3.24. The third-order valence-electron chi connectivity index (χ3n) is 3.66. The molecule has 0 saturated carbocycles. The Morgan fingerprint density at radius 1 is 1.10 bits per heavy atom. The van der Waals surface area contributed by atoms with E-state index in [1.54, 1.807) is 0 Å². The zero-order valence-electron chi connectivity index (χ0n) is 12.4. The lowest BCUT2D eigenvalue weighted by Gasteiger charge is -2.16. The smallest absolute Gasteiger partial charge is 0.233 e. The molecule has 0 aliphatic carbocycles. The number of hydrogen-bond donors (Lipinski definition) is 2. The van der Waals surface area contributed by atoms with E-state index in [0.717, 1.165) is 24.3 Å². The fraction of sp³-hybridized carbons (Fsp3) is 0.400. The highest BCUT2D eigenvalue weighted by molar-refractivity contribution is 5.60. The predicted octanol–water partition coefficient (Wildman–Crippen LogP) is 2.41. The third-order valence-corrected chi connectivity index (χ3v) is 3.66. The maximum absolute atomic E-state index is 5.81. The molecule has 6 nitrogen and oxygen atoms in total. The van der Waals surface area contributed by atoms with Crippen LogP contribution in [0.1, 0.15) is 24.0 Å². The number of aryl methyl sites for hydroxylation is 2. The van der Waals surface area contributed by atoms with Crippen LogP contribution in [-0.2, 0) is 0 Å². The van der Waals surface area contributed by atoms with Crippen LogP contribution in [0.2, 0.25) is 0 Å². The van der Waals surface area contributed by atoms with Gasteiger partial charge in [0.1, 0.15) is 0 Å². The van der Waals surface area contributed by atoms with E-state index in [-0.39, 0.29) is 5.95 Å². The van der Waals surface area contributed by atoms with Gasteiger partial charge < -0.3 is 16.0 Å². The third kappa shape index (κ3) is 3.04. The van der Waals surface area contributed by atoms with E-state index < -0.39 is 0 Å². The first-order valence-corrected chi connectivity index (χ1v) is 7.22. The molecule has 0 radical (unpaired) electrons. The minimum absolute atomic E-state index is 0.249. The molecule has 1 fully saturated rings. The Hall–Kier alpha value is -2.37. The van der Waals surface area contributed by atoms with Crippen LogP contribution in [0, 0.1) is 13.8 Å². The van der Waals surface area contributed by atoms with Crippen molar-refractivity contribution in [1.29, 1.82) is 0 Å². The molecule has 3 rings (SSSR count). The van der Waals surface area contributed by atoms with Crippen molar-refractivity contribution in [2.75, 3.05) is 29.0 Å². The molecule has 1 aliphatic rings. The highest BCUT2D eigenvalue weighted by atomic mass is 15.3. The van der Waals surface area contributed by atoms with E-state index in [2.05, 4.69) is 51.1 Å². The first kappa shape index (κ1) is 13.6. The maximum atomic E-state index is 5.81. The van der Waals surface area contributed by atoms with Crippen LogP contribution in [0.4, 0.5) is 23.5 Å². The fourth-order valence-corrected chi connectivity index (χ4v) is 2.57. The van der Waals surface area contributed by atoms with Crippen LogP contribution in [0.25, 0.3) is 0 Å². The lowest BCUT2D eigenvalue weighted by Crippen LogP contribution is -2.22. The van der Waals surface area contributed by atoms with Crippen LogP contribution in [-0.4, -0.2) is 28.0 Å². The molecule has 2 heterocycles. The van der Waals surface area contributed by atoms with Gasteiger partial charge in [0.15, 0.2) is 0 Å². The number of aromatic nitrogens is 3. The van der Waals surface area contributed by atoms with E-state index >= 15 is 0 Å². The normalized spacial score (nSPS) is 14.5. The van der Waals surface area contributed by atoms with Crippen LogP contribution in [0.15, 0.2) is 18.2 Å². The van der Waals surface area contributed by atoms with Gasteiger partial charge in [-0.25, -0.2) is 0 Å². The van der Waals surface area contributed by atoms with Crippen molar-refractivity contribution in [3.63, 3.8) is 0 Å². The Morgan fingerprint density at radius 2 is 1.86 bits per heavy atom. The molecular formula is C15H20N6. The molecule has 3 N–H and O–H groups in total. The zero-order chi connectivity index (χ0) is 14.8. The predicted molar refractivity (Wildman–Crippen MR) is 84.9 cm³/mol. The van der Waals surface area contributed by atoms with Gasteiger partial charge in [-0.3, -0.25) is 0 Å². The van der Waals surface area contributed by atoms with E-state index in [9.17, 15) is 0 Å². The van der Waals surface area contributed by atoms with Crippen molar-refractivity contribution >= 4 is 23.5 Å². The first-order chi connectivity index (χ1) is 10.1. The van der Waals surface area contributed by atoms with Gasteiger partial charge in [-0.05, 0) is 38.3 Å². The largest absolute Gasteiger partial charge is 0.368 e. The number of nitrogen functional groups attached to an aromatic ring is 1. The van der Waals surface area contributed by atoms with E-state index in [1.165, 1.54) is 18.4 Å². The van der Waals surface area contributed by atoms with Crippen LogP contribution in [0.3, 0.4) is 0 Å². The lowest BCUT2D eigenvalue weighted by molar-refractivity contribution is 0.887. The average Bonchev–Trinajstić information content (AvgIpc) is 2.95. The van der Waals surface area contributed by atoms with E-state index in [4.69, 9.17) is 5.73 Å². The van der Waals surface area contributed by atoms with Gasteiger partial charge in [-0.1, -0.05) is 17.7 Å². The SMILES string of the molecule is Cc1ccc(Nc2nc(N)nc(N3CCCC3)n2)c(C)c1. The zero-order valence-corrected chi connectivity index (χ0v) is 12.4. The molecule has 0 atom stereocenters. The summed E-state index contributed by atoms with van der Waals surface area (Å²) in [6.45, 7) is 6.09. The first-order valence-electron chi connectivity index (χ1n) is 7.22. The van der Waals surface area contributed by atoms with Crippen molar-refractivity contribution in [3.05, 3.63) is 29.3 Å². The molecule has 1 aromatic heterocycles. The molecule has 1 aromatic carbocycles. The summed E-state index contributed by atoms with van der Waals surface area (Å²) in [5.41, 5.74) is 9.18. The Balaban J connectivity index is 1.87. The van der Waals surface area contributed by atoms with Crippen LogP contribution >= 0.6 is 0 Å². The molecule has 2 aromatic rings. The molecule has 0 bridgehead atoms. The number of nitrogens with one attached hydrogen (secondary N) is 1. The summed E-state index contributed by atoms with van der Waals surface area (Å²) in [4.78, 5) is 15.0. The standard InChI is InChI=1S/C15H20N6/c1-10-5-6-12(11(2)9-10)17-14-18-13(16)19-15(20-14)21-7-3-4-8-21/h5-6,9H,3-4,7-8H2,1-2H3,(H3,16,17,18,19,20). The second-order valence-electron chi connectivity index (χ2n) is 5.45. The topological polar surface area (TPSA) is 80.0 Å². The van der Waals surface area contributed by atoms with Gasteiger partial charge in [0.2, 0.25) is 17.8 Å². The van der Waals surface area contributed by atoms with Gasteiger partial charge in [-0.15, -0.1) is 0 Å². The van der Waals surface area contributed by atoms with Crippen molar-refractivity contribution in [3.8, 4) is 0 Å². The lowest BCUT2D eigenvalue weighted by atomic mass is 10.1. The summed E-state index contributed by atoms with van der Waals surface area (Å²) in [6.07, 6.45) is 2.34. The summed E-state index contributed by atoms with van der Waals surface area (Å²) in [7, 11) is 0. The highest BCUT2D eigenvalue weighted by Gasteiger charge is 2.17. The fourth-order valence-electron chi connectivity index (χ4n) is 2.57. The second kappa shape index (κ2) is 5.55. The number of anilines is 4. The minimum atomic E-state index is 0.249. The van der Waals surface area contributed by atoms with Crippen molar-refractivity contribution in [2.45, 2.75) is 26.7 Å². The van der Waals surface area contributed by atoms with Gasteiger partial charge in [0, 0.05) is 18.8 Å². The van der Waals surface area contributed by atoms with Crippen LogP contribution < -0.4 is 16.0 Å². The van der Waals surface area contributed by atoms with E-state index in [1.807, 2.05) is 6.07 Å². The highest BCUT2D eigenvalue weighted by Crippen LogP contribution is 2.22. The quantitative estimate of drug-likeness (QED) is 0.901.